The number of nitrogens with two attached hydrogens (primary N) is 1. The topological polar surface area (TPSA) is 75.8 Å². The largest absolute Gasteiger partial charge is 0.444 e. The van der Waals surface area contributed by atoms with Crippen LogP contribution in [0.4, 0.5) is 4.79 Å². The molecule has 1 saturated heterocycles. The summed E-state index contributed by atoms with van der Waals surface area (Å²) in [5.74, 6) is 0. The summed E-state index contributed by atoms with van der Waals surface area (Å²) in [4.78, 5) is 13.6. The standard InChI is InChI=1S/C13H26N2O3/c1-12(2,3)18-11(17)15-8-5-13(10-16,4-7-14)6-9-15/h16H,4-10,14H2,1-3H3. The smallest absolute Gasteiger partial charge is 0.410 e. The van der Waals surface area contributed by atoms with Crippen molar-refractivity contribution in [2.24, 2.45) is 11.1 Å². The lowest BCUT2D eigenvalue weighted by atomic mass is 9.76. The van der Waals surface area contributed by atoms with E-state index in [1.165, 1.54) is 0 Å². The molecule has 18 heavy (non-hydrogen) atoms. The van der Waals surface area contributed by atoms with Crippen LogP contribution in [-0.4, -0.2) is 47.9 Å². The Kier molecular flexibility index (Phi) is 4.99. The van der Waals surface area contributed by atoms with Crippen LogP contribution < -0.4 is 5.73 Å². The Hall–Kier alpha value is -0.810. The van der Waals surface area contributed by atoms with Gasteiger partial charge in [-0.05, 0) is 52.0 Å². The highest BCUT2D eigenvalue weighted by Crippen LogP contribution is 2.34. The van der Waals surface area contributed by atoms with Crippen molar-refractivity contribution in [1.29, 1.82) is 0 Å². The summed E-state index contributed by atoms with van der Waals surface area (Å²) >= 11 is 0. The molecule has 0 bridgehead atoms. The summed E-state index contributed by atoms with van der Waals surface area (Å²) in [5.41, 5.74) is 5.02. The van der Waals surface area contributed by atoms with Gasteiger partial charge in [-0.2, -0.15) is 0 Å². The van der Waals surface area contributed by atoms with Crippen molar-refractivity contribution >= 4 is 6.09 Å². The number of carbonyl (C=O) groups excluding carboxylic acids is 1. The Morgan fingerprint density at radius 3 is 2.33 bits per heavy atom. The minimum atomic E-state index is -0.458. The van der Waals surface area contributed by atoms with Crippen LogP contribution in [-0.2, 0) is 4.74 Å². The van der Waals surface area contributed by atoms with Gasteiger partial charge in [-0.25, -0.2) is 4.79 Å². The van der Waals surface area contributed by atoms with Crippen molar-refractivity contribution < 1.29 is 14.6 Å². The molecule has 0 radical (unpaired) electrons. The summed E-state index contributed by atoms with van der Waals surface area (Å²) in [7, 11) is 0. The number of ether oxygens (including phenoxy) is 1. The molecule has 1 fully saturated rings. The van der Waals surface area contributed by atoms with Crippen LogP contribution in [0.15, 0.2) is 0 Å². The quantitative estimate of drug-likeness (QED) is 0.801. The van der Waals surface area contributed by atoms with E-state index in [0.717, 1.165) is 19.3 Å². The second-order valence-electron chi connectivity index (χ2n) is 6.16. The van der Waals surface area contributed by atoms with Gasteiger partial charge >= 0.3 is 6.09 Å². The Morgan fingerprint density at radius 1 is 1.39 bits per heavy atom. The molecular weight excluding hydrogens is 232 g/mol. The molecule has 0 saturated carbocycles. The Balaban J connectivity index is 2.50. The number of aliphatic hydroxyl groups is 1. The lowest BCUT2D eigenvalue weighted by Gasteiger charge is -2.40. The third-order valence-corrected chi connectivity index (χ3v) is 3.49. The van der Waals surface area contributed by atoms with Crippen LogP contribution in [0.2, 0.25) is 0 Å². The average molecular weight is 258 g/mol. The SMILES string of the molecule is CC(C)(C)OC(=O)N1CCC(CO)(CCN)CC1. The number of hydrogen-bond donors (Lipinski definition) is 2. The lowest BCUT2D eigenvalue weighted by Crippen LogP contribution is -2.46. The molecule has 0 aromatic heterocycles. The maximum atomic E-state index is 11.9. The van der Waals surface area contributed by atoms with E-state index in [1.54, 1.807) is 4.90 Å². The number of likely N-dealkylation sites (tertiary alicyclic amines) is 1. The molecular formula is C13H26N2O3. The first kappa shape index (κ1) is 15.2. The molecule has 0 aromatic rings. The minimum Gasteiger partial charge on any atom is -0.444 e. The third kappa shape index (κ3) is 4.14. The van der Waals surface area contributed by atoms with E-state index in [2.05, 4.69) is 0 Å². The summed E-state index contributed by atoms with van der Waals surface area (Å²) in [5, 5.41) is 9.49. The van der Waals surface area contributed by atoms with Crippen LogP contribution in [0.1, 0.15) is 40.0 Å². The number of piperidine rings is 1. The van der Waals surface area contributed by atoms with E-state index < -0.39 is 5.60 Å². The van der Waals surface area contributed by atoms with Crippen LogP contribution in [0.25, 0.3) is 0 Å². The summed E-state index contributed by atoms with van der Waals surface area (Å²) in [6.45, 7) is 7.58. The number of carbonyl (C=O) groups is 1. The molecule has 0 aromatic carbocycles. The number of hydrogen-bond acceptors (Lipinski definition) is 4. The second kappa shape index (κ2) is 5.89. The number of rotatable bonds is 3. The number of nitrogens with zero attached hydrogens (tertiary/aromatic N) is 1. The highest BCUT2D eigenvalue weighted by molar-refractivity contribution is 5.68. The molecule has 3 N–H and O–H groups in total. The molecule has 0 spiro atoms. The molecule has 1 rings (SSSR count). The third-order valence-electron chi connectivity index (χ3n) is 3.49. The maximum Gasteiger partial charge on any atom is 0.410 e. The molecule has 0 aliphatic carbocycles. The molecule has 0 unspecified atom stereocenters. The van der Waals surface area contributed by atoms with Gasteiger partial charge < -0.3 is 20.5 Å². The summed E-state index contributed by atoms with van der Waals surface area (Å²) in [6.07, 6.45) is 2.13. The fourth-order valence-electron chi connectivity index (χ4n) is 2.28. The first-order valence-electron chi connectivity index (χ1n) is 6.61. The molecule has 1 heterocycles. The lowest BCUT2D eigenvalue weighted by molar-refractivity contribution is -0.00177. The van der Waals surface area contributed by atoms with Gasteiger partial charge in [0, 0.05) is 19.7 Å². The molecule has 106 valence electrons. The van der Waals surface area contributed by atoms with Crippen molar-refractivity contribution in [2.75, 3.05) is 26.2 Å². The van der Waals surface area contributed by atoms with E-state index >= 15 is 0 Å². The van der Waals surface area contributed by atoms with E-state index in [0.29, 0.717) is 19.6 Å². The van der Waals surface area contributed by atoms with Crippen LogP contribution in [0.5, 0.6) is 0 Å². The molecule has 1 amide bonds. The highest BCUT2D eigenvalue weighted by Gasteiger charge is 2.35. The Morgan fingerprint density at radius 2 is 1.94 bits per heavy atom. The molecule has 1 aliphatic rings. The van der Waals surface area contributed by atoms with Gasteiger partial charge in [0.1, 0.15) is 5.60 Å². The first-order valence-corrected chi connectivity index (χ1v) is 6.61. The second-order valence-corrected chi connectivity index (χ2v) is 6.16. The molecule has 5 heteroatoms. The molecule has 1 aliphatic heterocycles. The van der Waals surface area contributed by atoms with Crippen molar-refractivity contribution in [3.63, 3.8) is 0 Å². The van der Waals surface area contributed by atoms with Crippen molar-refractivity contribution in [1.82, 2.24) is 4.90 Å². The van der Waals surface area contributed by atoms with Gasteiger partial charge in [0.15, 0.2) is 0 Å². The van der Waals surface area contributed by atoms with E-state index in [4.69, 9.17) is 10.5 Å². The number of aliphatic hydroxyl groups excluding tert-OH is 1. The zero-order valence-electron chi connectivity index (χ0n) is 11.7. The van der Waals surface area contributed by atoms with Gasteiger partial charge in [0.2, 0.25) is 0 Å². The molecule has 0 atom stereocenters. The van der Waals surface area contributed by atoms with Crippen molar-refractivity contribution in [3.8, 4) is 0 Å². The average Bonchev–Trinajstić information content (AvgIpc) is 2.28. The van der Waals surface area contributed by atoms with Gasteiger partial charge in [-0.3, -0.25) is 0 Å². The van der Waals surface area contributed by atoms with E-state index in [-0.39, 0.29) is 18.1 Å². The van der Waals surface area contributed by atoms with Crippen LogP contribution in [0.3, 0.4) is 0 Å². The fourth-order valence-corrected chi connectivity index (χ4v) is 2.28. The highest BCUT2D eigenvalue weighted by atomic mass is 16.6. The van der Waals surface area contributed by atoms with Gasteiger partial charge in [-0.1, -0.05) is 0 Å². The normalized spacial score (nSPS) is 19.7. The zero-order chi connectivity index (χ0) is 13.8. The van der Waals surface area contributed by atoms with Crippen LogP contribution in [0, 0.1) is 5.41 Å². The molecule has 5 nitrogen and oxygen atoms in total. The number of amides is 1. The summed E-state index contributed by atoms with van der Waals surface area (Å²) in [6, 6.07) is 0. The minimum absolute atomic E-state index is 0.104. The van der Waals surface area contributed by atoms with E-state index in [1.807, 2.05) is 20.8 Å². The van der Waals surface area contributed by atoms with Crippen molar-refractivity contribution in [3.05, 3.63) is 0 Å². The predicted molar refractivity (Wildman–Crippen MR) is 70.2 cm³/mol. The van der Waals surface area contributed by atoms with Crippen molar-refractivity contribution in [2.45, 2.75) is 45.6 Å². The van der Waals surface area contributed by atoms with E-state index in [9.17, 15) is 9.90 Å². The Bertz CT molecular complexity index is 278. The van der Waals surface area contributed by atoms with Gasteiger partial charge in [0.05, 0.1) is 0 Å². The summed E-state index contributed by atoms with van der Waals surface area (Å²) < 4.78 is 5.34. The Labute approximate surface area is 109 Å². The monoisotopic (exact) mass is 258 g/mol. The van der Waals surface area contributed by atoms with Gasteiger partial charge in [0.25, 0.3) is 0 Å². The van der Waals surface area contributed by atoms with Crippen LogP contribution >= 0.6 is 0 Å². The maximum absolute atomic E-state index is 11.9. The fraction of sp³-hybridized carbons (Fsp3) is 0.923. The van der Waals surface area contributed by atoms with Gasteiger partial charge in [-0.15, -0.1) is 0 Å². The zero-order valence-corrected chi connectivity index (χ0v) is 11.7. The first-order chi connectivity index (χ1) is 8.32. The predicted octanol–water partition coefficient (Wildman–Crippen LogP) is 1.34.